The van der Waals surface area contributed by atoms with Gasteiger partial charge in [-0.3, -0.25) is 9.59 Å². The highest BCUT2D eigenvalue weighted by Crippen LogP contribution is 2.39. The maximum Gasteiger partial charge on any atom is 0.290 e. The summed E-state index contributed by atoms with van der Waals surface area (Å²) in [6.45, 7) is 6.73. The average Bonchev–Trinajstić information content (AvgIpc) is 3.47. The molecule has 0 spiro atoms. The van der Waals surface area contributed by atoms with Gasteiger partial charge in [0.2, 0.25) is 0 Å². The van der Waals surface area contributed by atoms with Crippen molar-refractivity contribution in [2.45, 2.75) is 38.6 Å². The number of nitrogens with zero attached hydrogens (tertiary/aromatic N) is 1. The summed E-state index contributed by atoms with van der Waals surface area (Å²) in [5.74, 6) is -0.675. The Morgan fingerprint density at radius 1 is 1.05 bits per heavy atom. The lowest BCUT2D eigenvalue weighted by molar-refractivity contribution is -0.129. The number of aromatic nitrogens is 1. The van der Waals surface area contributed by atoms with Crippen LogP contribution in [-0.2, 0) is 21.4 Å². The maximum atomic E-state index is 13.5. The van der Waals surface area contributed by atoms with E-state index in [1.165, 1.54) is 6.08 Å². The second kappa shape index (κ2) is 10.9. The SMILES string of the molecule is COc1ccc2[nH]cc(CCN3C(=O)C(O)=C(C(=O)/C=C/c4ccccc4)[C@@H]3c3ccc(C(C)(C)C)cc3)c2c1. The zero-order valence-corrected chi connectivity index (χ0v) is 23.3. The van der Waals surface area contributed by atoms with Crippen molar-refractivity contribution < 1.29 is 19.4 Å². The van der Waals surface area contributed by atoms with E-state index in [4.69, 9.17) is 4.74 Å². The van der Waals surface area contributed by atoms with Crippen LogP contribution in [0.3, 0.4) is 0 Å². The fraction of sp³-hybridized carbons (Fsp3) is 0.235. The van der Waals surface area contributed by atoms with E-state index in [1.807, 2.05) is 79.0 Å². The van der Waals surface area contributed by atoms with Crippen LogP contribution in [0.2, 0.25) is 0 Å². The number of allylic oxidation sites excluding steroid dienone is 1. The Morgan fingerprint density at radius 2 is 1.77 bits per heavy atom. The Hall–Kier alpha value is -4.58. The molecule has 1 aromatic heterocycles. The number of aliphatic hydroxyl groups excluding tert-OH is 1. The standard InChI is InChI=1S/C34H34N2O4/c1-34(2,3)25-13-11-23(12-14-25)31-30(29(37)17-10-22-8-6-5-7-9-22)32(38)33(39)36(31)19-18-24-21-35-28-16-15-26(40-4)20-27(24)28/h5-17,20-21,31,35,38H,18-19H2,1-4H3/b17-10+/t31-/m0/s1. The Morgan fingerprint density at radius 3 is 2.45 bits per heavy atom. The van der Waals surface area contributed by atoms with E-state index in [-0.39, 0.29) is 16.8 Å². The molecule has 6 nitrogen and oxygen atoms in total. The second-order valence-corrected chi connectivity index (χ2v) is 11.1. The van der Waals surface area contributed by atoms with E-state index in [1.54, 1.807) is 18.1 Å². The number of ketones is 1. The molecule has 1 aliphatic rings. The Balaban J connectivity index is 1.49. The molecule has 0 fully saturated rings. The molecule has 5 rings (SSSR count). The second-order valence-electron chi connectivity index (χ2n) is 11.1. The lowest BCUT2D eigenvalue weighted by Crippen LogP contribution is -2.33. The van der Waals surface area contributed by atoms with Crippen LogP contribution >= 0.6 is 0 Å². The fourth-order valence-electron chi connectivity index (χ4n) is 5.21. The molecule has 0 radical (unpaired) electrons. The number of aromatic amines is 1. The number of hydrogen-bond acceptors (Lipinski definition) is 4. The van der Waals surface area contributed by atoms with Gasteiger partial charge in [0.15, 0.2) is 11.5 Å². The Labute approximate surface area is 234 Å². The van der Waals surface area contributed by atoms with Crippen LogP contribution in [0.4, 0.5) is 0 Å². The molecule has 2 N–H and O–H groups in total. The molecular weight excluding hydrogens is 500 g/mol. The van der Waals surface area contributed by atoms with Gasteiger partial charge in [-0.2, -0.15) is 0 Å². The fourth-order valence-corrected chi connectivity index (χ4v) is 5.21. The number of H-pyrrole nitrogens is 1. The average molecular weight is 535 g/mol. The van der Waals surface area contributed by atoms with Gasteiger partial charge in [0, 0.05) is 23.6 Å². The van der Waals surface area contributed by atoms with E-state index in [0.29, 0.717) is 13.0 Å². The lowest BCUT2D eigenvalue weighted by atomic mass is 9.85. The van der Waals surface area contributed by atoms with Crippen molar-refractivity contribution in [3.63, 3.8) is 0 Å². The molecule has 0 bridgehead atoms. The van der Waals surface area contributed by atoms with Crippen LogP contribution in [0.5, 0.6) is 5.75 Å². The third-order valence-corrected chi connectivity index (χ3v) is 7.48. The predicted molar refractivity (Wildman–Crippen MR) is 158 cm³/mol. The molecule has 0 saturated heterocycles. The number of methoxy groups -OCH3 is 1. The van der Waals surface area contributed by atoms with E-state index < -0.39 is 17.7 Å². The third kappa shape index (κ3) is 5.30. The lowest BCUT2D eigenvalue weighted by Gasteiger charge is -2.27. The number of aliphatic hydroxyl groups is 1. The van der Waals surface area contributed by atoms with Gasteiger partial charge in [-0.05, 0) is 58.4 Å². The molecular formula is C34H34N2O4. The van der Waals surface area contributed by atoms with E-state index in [9.17, 15) is 14.7 Å². The first-order valence-electron chi connectivity index (χ1n) is 13.4. The van der Waals surface area contributed by atoms with Gasteiger partial charge in [-0.15, -0.1) is 0 Å². The topological polar surface area (TPSA) is 82.6 Å². The van der Waals surface area contributed by atoms with Crippen molar-refractivity contribution in [1.82, 2.24) is 9.88 Å². The van der Waals surface area contributed by atoms with Gasteiger partial charge in [0.05, 0.1) is 18.7 Å². The van der Waals surface area contributed by atoms with Crippen LogP contribution in [0.15, 0.2) is 96.4 Å². The van der Waals surface area contributed by atoms with Crippen LogP contribution in [-0.4, -0.2) is 40.3 Å². The summed E-state index contributed by atoms with van der Waals surface area (Å²) < 4.78 is 5.40. The van der Waals surface area contributed by atoms with Gasteiger partial charge in [-0.25, -0.2) is 0 Å². The van der Waals surface area contributed by atoms with Crippen molar-refractivity contribution in [2.24, 2.45) is 0 Å². The molecule has 2 heterocycles. The molecule has 204 valence electrons. The third-order valence-electron chi connectivity index (χ3n) is 7.48. The normalized spacial score (nSPS) is 15.9. The van der Waals surface area contributed by atoms with Crippen LogP contribution in [0, 0.1) is 0 Å². The first-order valence-corrected chi connectivity index (χ1v) is 13.4. The largest absolute Gasteiger partial charge is 0.503 e. The van der Waals surface area contributed by atoms with Crippen molar-refractivity contribution in [1.29, 1.82) is 0 Å². The van der Waals surface area contributed by atoms with E-state index in [0.717, 1.165) is 38.9 Å². The zero-order chi connectivity index (χ0) is 28.4. The van der Waals surface area contributed by atoms with Crippen LogP contribution < -0.4 is 4.74 Å². The number of nitrogens with one attached hydrogen (secondary N) is 1. The van der Waals surface area contributed by atoms with Crippen molar-refractivity contribution in [3.05, 3.63) is 119 Å². The molecule has 4 aromatic rings. The van der Waals surface area contributed by atoms with E-state index >= 15 is 0 Å². The number of hydrogen-bond donors (Lipinski definition) is 2. The number of carbonyl (C=O) groups excluding carboxylic acids is 2. The molecule has 1 amide bonds. The van der Waals surface area contributed by atoms with Crippen molar-refractivity contribution in [2.75, 3.05) is 13.7 Å². The monoisotopic (exact) mass is 534 g/mol. The summed E-state index contributed by atoms with van der Waals surface area (Å²) in [5.41, 5.74) is 4.83. The van der Waals surface area contributed by atoms with Gasteiger partial charge in [0.25, 0.3) is 5.91 Å². The minimum absolute atomic E-state index is 0.0465. The number of carbonyl (C=O) groups is 2. The molecule has 1 atom stereocenters. The summed E-state index contributed by atoms with van der Waals surface area (Å²) >= 11 is 0. The summed E-state index contributed by atoms with van der Waals surface area (Å²) in [6.07, 6.45) is 5.60. The number of benzene rings is 3. The quantitative estimate of drug-likeness (QED) is 0.247. The highest BCUT2D eigenvalue weighted by Gasteiger charge is 2.42. The molecule has 0 aliphatic carbocycles. The molecule has 0 saturated carbocycles. The molecule has 0 unspecified atom stereocenters. The van der Waals surface area contributed by atoms with Crippen LogP contribution in [0.1, 0.15) is 49.1 Å². The number of ether oxygens (including phenoxy) is 1. The van der Waals surface area contributed by atoms with Crippen molar-refractivity contribution in [3.8, 4) is 5.75 Å². The summed E-state index contributed by atoms with van der Waals surface area (Å²) in [5, 5.41) is 12.0. The predicted octanol–water partition coefficient (Wildman–Crippen LogP) is 6.69. The minimum Gasteiger partial charge on any atom is -0.503 e. The van der Waals surface area contributed by atoms with Crippen molar-refractivity contribution >= 4 is 28.7 Å². The van der Waals surface area contributed by atoms with Crippen LogP contribution in [0.25, 0.3) is 17.0 Å². The Kier molecular flexibility index (Phi) is 7.35. The first-order chi connectivity index (χ1) is 19.2. The zero-order valence-electron chi connectivity index (χ0n) is 23.3. The molecule has 40 heavy (non-hydrogen) atoms. The summed E-state index contributed by atoms with van der Waals surface area (Å²) in [4.78, 5) is 31.8. The first kappa shape index (κ1) is 27.0. The maximum absolute atomic E-state index is 13.5. The van der Waals surface area contributed by atoms with Gasteiger partial charge in [-0.1, -0.05) is 81.4 Å². The van der Waals surface area contributed by atoms with E-state index in [2.05, 4.69) is 25.8 Å². The smallest absolute Gasteiger partial charge is 0.290 e. The summed E-state index contributed by atoms with van der Waals surface area (Å²) in [6, 6.07) is 22.6. The molecule has 1 aliphatic heterocycles. The number of fused-ring (bicyclic) bond motifs is 1. The Bertz CT molecular complexity index is 1610. The highest BCUT2D eigenvalue weighted by atomic mass is 16.5. The number of amides is 1. The molecule has 3 aromatic carbocycles. The number of rotatable bonds is 8. The minimum atomic E-state index is -0.700. The van der Waals surface area contributed by atoms with Gasteiger partial charge < -0.3 is 19.7 Å². The summed E-state index contributed by atoms with van der Waals surface area (Å²) in [7, 11) is 1.63. The molecule has 6 heteroatoms. The van der Waals surface area contributed by atoms with Gasteiger partial charge >= 0.3 is 0 Å². The van der Waals surface area contributed by atoms with Gasteiger partial charge in [0.1, 0.15) is 5.75 Å². The highest BCUT2D eigenvalue weighted by molar-refractivity contribution is 6.14.